The fraction of sp³-hybridized carbons (Fsp3) is 0.182. The van der Waals surface area contributed by atoms with Crippen LogP contribution in [0.5, 0.6) is 5.75 Å². The summed E-state index contributed by atoms with van der Waals surface area (Å²) in [6.45, 7) is 0.0790. The van der Waals surface area contributed by atoms with Crippen molar-refractivity contribution in [2.75, 3.05) is 12.4 Å². The van der Waals surface area contributed by atoms with Crippen LogP contribution in [0, 0.1) is 0 Å². The molecule has 1 aromatic carbocycles. The molecule has 94 valence electrons. The van der Waals surface area contributed by atoms with Gasteiger partial charge in [0.1, 0.15) is 24.9 Å². The predicted octanol–water partition coefficient (Wildman–Crippen LogP) is 1.58. The Hall–Kier alpha value is -2.08. The molecule has 0 fully saturated rings. The average molecular weight is 267 g/mol. The van der Waals surface area contributed by atoms with Gasteiger partial charge in [0.25, 0.3) is 0 Å². The summed E-state index contributed by atoms with van der Waals surface area (Å²) < 4.78 is 6.55. The first-order valence-corrected chi connectivity index (χ1v) is 5.52. The van der Waals surface area contributed by atoms with Crippen LogP contribution in [-0.2, 0) is 11.3 Å². The lowest BCUT2D eigenvalue weighted by Gasteiger charge is -2.10. The molecule has 2 aromatic rings. The molecule has 18 heavy (non-hydrogen) atoms. The molecule has 0 bridgehead atoms. The van der Waals surface area contributed by atoms with Gasteiger partial charge in [-0.1, -0.05) is 11.6 Å². The summed E-state index contributed by atoms with van der Waals surface area (Å²) in [6.07, 6.45) is 2.84. The first kappa shape index (κ1) is 12.4. The molecule has 0 saturated heterocycles. The van der Waals surface area contributed by atoms with Crippen LogP contribution in [0.2, 0.25) is 5.02 Å². The Kier molecular flexibility index (Phi) is 3.78. The van der Waals surface area contributed by atoms with Gasteiger partial charge in [0.05, 0.1) is 12.8 Å². The normalized spacial score (nSPS) is 10.1. The zero-order chi connectivity index (χ0) is 13.0. The molecule has 0 unspecified atom stereocenters. The molecule has 0 radical (unpaired) electrons. The van der Waals surface area contributed by atoms with Crippen molar-refractivity contribution in [3.8, 4) is 5.75 Å². The lowest BCUT2D eigenvalue weighted by molar-refractivity contribution is -0.116. The SMILES string of the molecule is COc1ccc(Cl)cc1NC(=O)Cn1cncn1. The fourth-order valence-corrected chi connectivity index (χ4v) is 1.60. The topological polar surface area (TPSA) is 69.0 Å². The van der Waals surface area contributed by atoms with E-state index in [1.807, 2.05) is 0 Å². The summed E-state index contributed by atoms with van der Waals surface area (Å²) in [5.41, 5.74) is 0.523. The van der Waals surface area contributed by atoms with Crippen molar-refractivity contribution in [3.05, 3.63) is 35.9 Å². The van der Waals surface area contributed by atoms with Crippen molar-refractivity contribution in [3.63, 3.8) is 0 Å². The second-order valence-electron chi connectivity index (χ2n) is 3.49. The third kappa shape index (κ3) is 2.98. The minimum Gasteiger partial charge on any atom is -0.495 e. The number of carbonyl (C=O) groups is 1. The second kappa shape index (κ2) is 5.50. The minimum atomic E-state index is -0.235. The fourth-order valence-electron chi connectivity index (χ4n) is 1.43. The molecular formula is C11H11ClN4O2. The lowest BCUT2D eigenvalue weighted by atomic mass is 10.3. The van der Waals surface area contributed by atoms with E-state index in [0.29, 0.717) is 16.5 Å². The van der Waals surface area contributed by atoms with E-state index in [1.165, 1.54) is 24.4 Å². The van der Waals surface area contributed by atoms with Gasteiger partial charge in [-0.2, -0.15) is 5.10 Å². The lowest BCUT2D eigenvalue weighted by Crippen LogP contribution is -2.19. The Morgan fingerprint density at radius 2 is 2.39 bits per heavy atom. The maximum Gasteiger partial charge on any atom is 0.246 e. The van der Waals surface area contributed by atoms with Gasteiger partial charge in [-0.15, -0.1) is 0 Å². The van der Waals surface area contributed by atoms with Crippen LogP contribution in [0.25, 0.3) is 0 Å². The van der Waals surface area contributed by atoms with Crippen molar-refractivity contribution >= 4 is 23.2 Å². The van der Waals surface area contributed by atoms with E-state index in [9.17, 15) is 4.79 Å². The number of hydrogen-bond acceptors (Lipinski definition) is 4. The standard InChI is InChI=1S/C11H11ClN4O2/c1-18-10-3-2-8(12)4-9(10)15-11(17)5-16-7-13-6-14-16/h2-4,6-7H,5H2,1H3,(H,15,17). The van der Waals surface area contributed by atoms with Crippen molar-refractivity contribution in [1.82, 2.24) is 14.8 Å². The number of halogens is 1. The maximum absolute atomic E-state index is 11.8. The third-order valence-corrected chi connectivity index (χ3v) is 2.44. The highest BCUT2D eigenvalue weighted by Crippen LogP contribution is 2.27. The summed E-state index contributed by atoms with van der Waals surface area (Å²) in [5, 5.41) is 7.07. The molecule has 0 aliphatic heterocycles. The predicted molar refractivity (Wildman–Crippen MR) is 66.7 cm³/mol. The highest BCUT2D eigenvalue weighted by molar-refractivity contribution is 6.31. The molecule has 1 amide bonds. The highest BCUT2D eigenvalue weighted by Gasteiger charge is 2.09. The molecule has 0 atom stereocenters. The largest absolute Gasteiger partial charge is 0.495 e. The Bertz CT molecular complexity index is 542. The molecular weight excluding hydrogens is 256 g/mol. The van der Waals surface area contributed by atoms with Gasteiger partial charge in [-0.05, 0) is 18.2 Å². The van der Waals surface area contributed by atoms with Crippen molar-refractivity contribution in [1.29, 1.82) is 0 Å². The van der Waals surface area contributed by atoms with E-state index in [-0.39, 0.29) is 12.5 Å². The first-order valence-electron chi connectivity index (χ1n) is 5.15. The summed E-state index contributed by atoms with van der Waals surface area (Å²) in [6, 6.07) is 5.00. The van der Waals surface area contributed by atoms with Crippen LogP contribution in [0.15, 0.2) is 30.9 Å². The molecule has 0 spiro atoms. The Balaban J connectivity index is 2.08. The van der Waals surface area contributed by atoms with E-state index in [2.05, 4.69) is 15.4 Å². The number of carbonyl (C=O) groups excluding carboxylic acids is 1. The number of ether oxygens (including phenoxy) is 1. The molecule has 1 aromatic heterocycles. The van der Waals surface area contributed by atoms with Gasteiger partial charge < -0.3 is 10.1 Å². The third-order valence-electron chi connectivity index (χ3n) is 2.21. The van der Waals surface area contributed by atoms with Crippen LogP contribution >= 0.6 is 11.6 Å². The van der Waals surface area contributed by atoms with Crippen LogP contribution in [0.4, 0.5) is 5.69 Å². The molecule has 1 heterocycles. The number of aromatic nitrogens is 3. The smallest absolute Gasteiger partial charge is 0.246 e. The number of nitrogens with zero attached hydrogens (tertiary/aromatic N) is 3. The first-order chi connectivity index (χ1) is 8.69. The molecule has 1 N–H and O–H groups in total. The minimum absolute atomic E-state index is 0.0790. The number of nitrogens with one attached hydrogen (secondary N) is 1. The Morgan fingerprint density at radius 1 is 1.56 bits per heavy atom. The van der Waals surface area contributed by atoms with Crippen LogP contribution in [0.1, 0.15) is 0 Å². The number of rotatable bonds is 4. The zero-order valence-electron chi connectivity index (χ0n) is 9.63. The van der Waals surface area contributed by atoms with Gasteiger partial charge in [0.2, 0.25) is 5.91 Å². The Labute approximate surface area is 109 Å². The van der Waals surface area contributed by atoms with E-state index < -0.39 is 0 Å². The molecule has 7 heteroatoms. The number of amides is 1. The number of hydrogen-bond donors (Lipinski definition) is 1. The van der Waals surface area contributed by atoms with E-state index in [0.717, 1.165) is 0 Å². The second-order valence-corrected chi connectivity index (χ2v) is 3.92. The summed E-state index contributed by atoms with van der Waals surface area (Å²) >= 11 is 5.87. The number of benzene rings is 1. The van der Waals surface area contributed by atoms with Gasteiger partial charge >= 0.3 is 0 Å². The van der Waals surface area contributed by atoms with Crippen molar-refractivity contribution in [2.24, 2.45) is 0 Å². The molecule has 0 saturated carbocycles. The van der Waals surface area contributed by atoms with E-state index in [4.69, 9.17) is 16.3 Å². The monoisotopic (exact) mass is 266 g/mol. The molecule has 0 aliphatic carbocycles. The van der Waals surface area contributed by atoms with Crippen LogP contribution in [0.3, 0.4) is 0 Å². The maximum atomic E-state index is 11.8. The number of anilines is 1. The summed E-state index contributed by atoms with van der Waals surface area (Å²) in [5.74, 6) is 0.312. The number of methoxy groups -OCH3 is 1. The zero-order valence-corrected chi connectivity index (χ0v) is 10.4. The van der Waals surface area contributed by atoms with Gasteiger partial charge in [0, 0.05) is 5.02 Å². The van der Waals surface area contributed by atoms with Crippen molar-refractivity contribution < 1.29 is 9.53 Å². The highest BCUT2D eigenvalue weighted by atomic mass is 35.5. The molecule has 0 aliphatic rings. The molecule has 2 rings (SSSR count). The Morgan fingerprint density at radius 3 is 3.06 bits per heavy atom. The van der Waals surface area contributed by atoms with Crippen molar-refractivity contribution in [2.45, 2.75) is 6.54 Å². The van der Waals surface area contributed by atoms with Crippen LogP contribution < -0.4 is 10.1 Å². The van der Waals surface area contributed by atoms with Gasteiger partial charge in [-0.3, -0.25) is 4.79 Å². The molecule has 6 nitrogen and oxygen atoms in total. The summed E-state index contributed by atoms with van der Waals surface area (Å²) in [7, 11) is 1.52. The quantitative estimate of drug-likeness (QED) is 0.912. The van der Waals surface area contributed by atoms with E-state index >= 15 is 0 Å². The summed E-state index contributed by atoms with van der Waals surface area (Å²) in [4.78, 5) is 15.5. The van der Waals surface area contributed by atoms with Gasteiger partial charge in [0.15, 0.2) is 0 Å². The van der Waals surface area contributed by atoms with Crippen LogP contribution in [-0.4, -0.2) is 27.8 Å². The van der Waals surface area contributed by atoms with Gasteiger partial charge in [-0.25, -0.2) is 9.67 Å². The van der Waals surface area contributed by atoms with E-state index in [1.54, 1.807) is 18.2 Å². The average Bonchev–Trinajstić information content (AvgIpc) is 2.82.